The van der Waals surface area contributed by atoms with Crippen molar-refractivity contribution in [1.82, 2.24) is 0 Å². The first kappa shape index (κ1) is 9.72. The van der Waals surface area contributed by atoms with Crippen LogP contribution in [0.25, 0.3) is 0 Å². The van der Waals surface area contributed by atoms with Gasteiger partial charge in [0, 0.05) is 0 Å². The maximum atomic E-state index is 5.64. The van der Waals surface area contributed by atoms with Crippen LogP contribution < -0.4 is 5.73 Å². The molecule has 0 heterocycles. The molecule has 1 aliphatic carbocycles. The normalized spacial score (nSPS) is 19.0. The molecule has 0 unspecified atom stereocenters. The van der Waals surface area contributed by atoms with Gasteiger partial charge in [-0.25, -0.2) is 0 Å². The SMILES string of the molecule is C[C@@H](CN)c1ccc(C2CCC2)cc1. The van der Waals surface area contributed by atoms with Gasteiger partial charge in [-0.3, -0.25) is 0 Å². The molecule has 76 valence electrons. The largest absolute Gasteiger partial charge is 0.330 e. The Kier molecular flexibility index (Phi) is 2.87. The van der Waals surface area contributed by atoms with Crippen molar-refractivity contribution in [3.05, 3.63) is 35.4 Å². The first-order chi connectivity index (χ1) is 6.81. The molecule has 0 spiro atoms. The molecule has 2 N–H and O–H groups in total. The number of rotatable bonds is 3. The molecule has 0 radical (unpaired) electrons. The Morgan fingerprint density at radius 3 is 2.36 bits per heavy atom. The molecule has 14 heavy (non-hydrogen) atoms. The van der Waals surface area contributed by atoms with Gasteiger partial charge in [0.15, 0.2) is 0 Å². The lowest BCUT2D eigenvalue weighted by Gasteiger charge is -2.26. The molecular weight excluding hydrogens is 170 g/mol. The predicted molar refractivity (Wildman–Crippen MR) is 60.5 cm³/mol. The Balaban J connectivity index is 2.09. The van der Waals surface area contributed by atoms with Gasteiger partial charge in [-0.2, -0.15) is 0 Å². The third-order valence-corrected chi connectivity index (χ3v) is 3.44. The van der Waals surface area contributed by atoms with Crippen molar-refractivity contribution in [3.63, 3.8) is 0 Å². The van der Waals surface area contributed by atoms with E-state index >= 15 is 0 Å². The fourth-order valence-electron chi connectivity index (χ4n) is 1.97. The molecule has 1 fully saturated rings. The average molecular weight is 189 g/mol. The van der Waals surface area contributed by atoms with Crippen LogP contribution in [-0.2, 0) is 0 Å². The minimum atomic E-state index is 0.491. The standard InChI is InChI=1S/C13H19N/c1-10(9-14)11-5-7-13(8-6-11)12-3-2-4-12/h5-8,10,12H,2-4,9,14H2,1H3/t10-/m0/s1. The van der Waals surface area contributed by atoms with Crippen LogP contribution in [0, 0.1) is 0 Å². The van der Waals surface area contributed by atoms with Gasteiger partial charge in [-0.15, -0.1) is 0 Å². The van der Waals surface area contributed by atoms with Crippen LogP contribution in [0.15, 0.2) is 24.3 Å². The molecule has 1 aromatic rings. The van der Waals surface area contributed by atoms with Crippen molar-refractivity contribution in [2.45, 2.75) is 38.0 Å². The van der Waals surface area contributed by atoms with Gasteiger partial charge in [0.2, 0.25) is 0 Å². The summed E-state index contributed by atoms with van der Waals surface area (Å²) in [4.78, 5) is 0. The van der Waals surface area contributed by atoms with Gasteiger partial charge in [0.05, 0.1) is 0 Å². The minimum absolute atomic E-state index is 0.491. The van der Waals surface area contributed by atoms with Gasteiger partial charge in [-0.05, 0) is 42.3 Å². The van der Waals surface area contributed by atoms with E-state index in [-0.39, 0.29) is 0 Å². The lowest BCUT2D eigenvalue weighted by atomic mass is 9.79. The first-order valence-electron chi connectivity index (χ1n) is 5.61. The van der Waals surface area contributed by atoms with Gasteiger partial charge in [0.1, 0.15) is 0 Å². The van der Waals surface area contributed by atoms with Gasteiger partial charge in [0.25, 0.3) is 0 Å². The second-order valence-corrected chi connectivity index (χ2v) is 4.43. The van der Waals surface area contributed by atoms with Crippen molar-refractivity contribution >= 4 is 0 Å². The monoisotopic (exact) mass is 189 g/mol. The topological polar surface area (TPSA) is 26.0 Å². The summed E-state index contributed by atoms with van der Waals surface area (Å²) in [6.45, 7) is 2.92. The molecule has 0 aromatic heterocycles. The average Bonchev–Trinajstić information content (AvgIpc) is 2.15. The summed E-state index contributed by atoms with van der Waals surface area (Å²) in [7, 11) is 0. The summed E-state index contributed by atoms with van der Waals surface area (Å²) < 4.78 is 0. The second kappa shape index (κ2) is 4.14. The molecule has 2 rings (SSSR count). The minimum Gasteiger partial charge on any atom is -0.330 e. The second-order valence-electron chi connectivity index (χ2n) is 4.43. The molecule has 1 aliphatic rings. The molecule has 0 aliphatic heterocycles. The van der Waals surface area contributed by atoms with Crippen molar-refractivity contribution < 1.29 is 0 Å². The third kappa shape index (κ3) is 1.83. The highest BCUT2D eigenvalue weighted by Crippen LogP contribution is 2.36. The van der Waals surface area contributed by atoms with Crippen molar-refractivity contribution in [2.75, 3.05) is 6.54 Å². The van der Waals surface area contributed by atoms with Crippen molar-refractivity contribution in [3.8, 4) is 0 Å². The number of nitrogens with two attached hydrogens (primary N) is 1. The fourth-order valence-corrected chi connectivity index (χ4v) is 1.97. The number of hydrogen-bond acceptors (Lipinski definition) is 1. The lowest BCUT2D eigenvalue weighted by Crippen LogP contribution is -2.10. The van der Waals surface area contributed by atoms with E-state index in [0.29, 0.717) is 5.92 Å². The summed E-state index contributed by atoms with van der Waals surface area (Å²) in [5, 5.41) is 0. The molecule has 1 aromatic carbocycles. The maximum absolute atomic E-state index is 5.64. The Morgan fingerprint density at radius 2 is 1.93 bits per heavy atom. The van der Waals surface area contributed by atoms with E-state index in [0.717, 1.165) is 12.5 Å². The van der Waals surface area contributed by atoms with Crippen molar-refractivity contribution in [2.24, 2.45) is 5.73 Å². The van der Waals surface area contributed by atoms with E-state index in [9.17, 15) is 0 Å². The van der Waals surface area contributed by atoms with Crippen LogP contribution in [0.5, 0.6) is 0 Å². The van der Waals surface area contributed by atoms with Crippen molar-refractivity contribution in [1.29, 1.82) is 0 Å². The Bertz CT molecular complexity index is 261. The zero-order chi connectivity index (χ0) is 9.97. The first-order valence-corrected chi connectivity index (χ1v) is 5.61. The molecule has 1 saturated carbocycles. The van der Waals surface area contributed by atoms with E-state index < -0.39 is 0 Å². The van der Waals surface area contributed by atoms with Crippen LogP contribution in [0.4, 0.5) is 0 Å². The summed E-state index contributed by atoms with van der Waals surface area (Å²) in [5.41, 5.74) is 8.53. The Morgan fingerprint density at radius 1 is 1.29 bits per heavy atom. The van der Waals surface area contributed by atoms with E-state index in [4.69, 9.17) is 5.73 Å². The quantitative estimate of drug-likeness (QED) is 0.777. The van der Waals surface area contributed by atoms with Crippen LogP contribution in [0.1, 0.15) is 49.1 Å². The van der Waals surface area contributed by atoms with Gasteiger partial charge < -0.3 is 5.73 Å². The van der Waals surface area contributed by atoms with E-state index in [2.05, 4.69) is 31.2 Å². The Hall–Kier alpha value is -0.820. The molecule has 1 nitrogen and oxygen atoms in total. The van der Waals surface area contributed by atoms with Crippen LogP contribution in [0.2, 0.25) is 0 Å². The van der Waals surface area contributed by atoms with Gasteiger partial charge in [-0.1, -0.05) is 37.6 Å². The van der Waals surface area contributed by atoms with Crippen LogP contribution in [-0.4, -0.2) is 6.54 Å². The van der Waals surface area contributed by atoms with E-state index in [1.165, 1.54) is 30.4 Å². The molecule has 0 saturated heterocycles. The molecular formula is C13H19N. The fraction of sp³-hybridized carbons (Fsp3) is 0.538. The molecule has 0 bridgehead atoms. The van der Waals surface area contributed by atoms with Crippen LogP contribution in [0.3, 0.4) is 0 Å². The van der Waals surface area contributed by atoms with E-state index in [1.54, 1.807) is 0 Å². The Labute approximate surface area is 86.3 Å². The summed E-state index contributed by atoms with van der Waals surface area (Å²) in [6, 6.07) is 9.05. The predicted octanol–water partition coefficient (Wildman–Crippen LogP) is 3.02. The van der Waals surface area contributed by atoms with Crippen LogP contribution >= 0.6 is 0 Å². The highest BCUT2D eigenvalue weighted by atomic mass is 14.5. The zero-order valence-electron chi connectivity index (χ0n) is 8.87. The highest BCUT2D eigenvalue weighted by Gasteiger charge is 2.19. The van der Waals surface area contributed by atoms with E-state index in [1.807, 2.05) is 0 Å². The highest BCUT2D eigenvalue weighted by molar-refractivity contribution is 5.28. The summed E-state index contributed by atoms with van der Waals surface area (Å²) >= 11 is 0. The molecule has 1 heteroatoms. The summed E-state index contributed by atoms with van der Waals surface area (Å²) in [6.07, 6.45) is 4.17. The smallest absolute Gasteiger partial charge is 0.00109 e. The molecule has 0 amide bonds. The summed E-state index contributed by atoms with van der Waals surface area (Å²) in [5.74, 6) is 1.34. The van der Waals surface area contributed by atoms with Gasteiger partial charge >= 0.3 is 0 Å². The number of benzene rings is 1. The number of hydrogen-bond donors (Lipinski definition) is 1. The molecule has 1 atom stereocenters. The lowest BCUT2D eigenvalue weighted by molar-refractivity contribution is 0.419. The maximum Gasteiger partial charge on any atom is -0.00109 e. The third-order valence-electron chi connectivity index (χ3n) is 3.44. The zero-order valence-corrected chi connectivity index (χ0v) is 8.87.